The lowest BCUT2D eigenvalue weighted by Crippen LogP contribution is -2.37. The number of hydrogen-bond acceptors (Lipinski definition) is 2. The summed E-state index contributed by atoms with van der Waals surface area (Å²) in [7, 11) is 0. The van der Waals surface area contributed by atoms with Crippen LogP contribution in [0.15, 0.2) is 18.2 Å². The van der Waals surface area contributed by atoms with E-state index >= 15 is 0 Å². The average molecular weight is 232 g/mol. The molecule has 2 nitrogen and oxygen atoms in total. The van der Waals surface area contributed by atoms with E-state index in [-0.39, 0.29) is 0 Å². The van der Waals surface area contributed by atoms with E-state index in [2.05, 4.69) is 56.1 Å². The van der Waals surface area contributed by atoms with E-state index in [0.29, 0.717) is 12.1 Å². The zero-order valence-corrected chi connectivity index (χ0v) is 11.5. The molecule has 1 aromatic rings. The predicted octanol–water partition coefficient (Wildman–Crippen LogP) is 2.96. The number of fused-ring (bicyclic) bond motifs is 1. The van der Waals surface area contributed by atoms with Gasteiger partial charge in [0.1, 0.15) is 0 Å². The topological polar surface area (TPSA) is 15.3 Å². The van der Waals surface area contributed by atoms with E-state index in [0.717, 1.165) is 19.5 Å². The van der Waals surface area contributed by atoms with Crippen LogP contribution in [0.2, 0.25) is 0 Å². The molecule has 1 heterocycles. The smallest absolute Gasteiger partial charge is 0.0373 e. The summed E-state index contributed by atoms with van der Waals surface area (Å²) in [5.41, 5.74) is 4.36. The Labute approximate surface area is 105 Å². The van der Waals surface area contributed by atoms with Crippen LogP contribution in [-0.2, 0) is 13.0 Å². The van der Waals surface area contributed by atoms with Crippen LogP contribution in [0.4, 0.5) is 5.69 Å². The first-order chi connectivity index (χ1) is 8.09. The summed E-state index contributed by atoms with van der Waals surface area (Å²) in [5, 5.41) is 3.42. The van der Waals surface area contributed by atoms with Crippen LogP contribution in [0.1, 0.15) is 38.8 Å². The van der Waals surface area contributed by atoms with Gasteiger partial charge in [-0.05, 0) is 63.9 Å². The molecule has 2 heteroatoms. The third kappa shape index (κ3) is 2.63. The van der Waals surface area contributed by atoms with Gasteiger partial charge < -0.3 is 10.2 Å². The van der Waals surface area contributed by atoms with Crippen molar-refractivity contribution in [2.24, 2.45) is 0 Å². The van der Waals surface area contributed by atoms with E-state index in [1.807, 2.05) is 0 Å². The Morgan fingerprint density at radius 2 is 1.76 bits per heavy atom. The lowest BCUT2D eigenvalue weighted by molar-refractivity contribution is 0.604. The summed E-state index contributed by atoms with van der Waals surface area (Å²) in [5.74, 6) is 0. The molecule has 1 aliphatic rings. The Hall–Kier alpha value is -1.02. The van der Waals surface area contributed by atoms with E-state index < -0.39 is 0 Å². The van der Waals surface area contributed by atoms with Crippen LogP contribution in [0.5, 0.6) is 0 Å². The van der Waals surface area contributed by atoms with Crippen molar-refractivity contribution < 1.29 is 0 Å². The Balaban J connectivity index is 2.31. The summed E-state index contributed by atoms with van der Waals surface area (Å²) in [4.78, 5) is 2.49. The second-order valence-corrected chi connectivity index (χ2v) is 5.47. The molecule has 2 rings (SSSR count). The first-order valence-corrected chi connectivity index (χ1v) is 6.70. The van der Waals surface area contributed by atoms with Crippen molar-refractivity contribution in [2.75, 3.05) is 11.4 Å². The van der Waals surface area contributed by atoms with Gasteiger partial charge in [-0.15, -0.1) is 0 Å². The van der Waals surface area contributed by atoms with Crippen molar-refractivity contribution in [3.05, 3.63) is 29.3 Å². The molecule has 17 heavy (non-hydrogen) atoms. The van der Waals surface area contributed by atoms with Crippen molar-refractivity contribution in [1.82, 2.24) is 5.32 Å². The van der Waals surface area contributed by atoms with Gasteiger partial charge in [-0.2, -0.15) is 0 Å². The lowest BCUT2D eigenvalue weighted by atomic mass is 9.99. The molecule has 0 saturated heterocycles. The molecule has 1 N–H and O–H groups in total. The zero-order valence-electron chi connectivity index (χ0n) is 11.5. The fraction of sp³-hybridized carbons (Fsp3) is 0.600. The van der Waals surface area contributed by atoms with Crippen LogP contribution in [-0.4, -0.2) is 18.6 Å². The highest BCUT2D eigenvalue weighted by Gasteiger charge is 2.16. The number of benzene rings is 1. The third-order valence-corrected chi connectivity index (χ3v) is 3.49. The van der Waals surface area contributed by atoms with Crippen molar-refractivity contribution in [3.8, 4) is 0 Å². The lowest BCUT2D eigenvalue weighted by Gasteiger charge is -2.34. The molecule has 0 atom stereocenters. The van der Waals surface area contributed by atoms with Crippen LogP contribution in [0, 0.1) is 0 Å². The Kier molecular flexibility index (Phi) is 3.72. The molecule has 1 aliphatic heterocycles. The first-order valence-electron chi connectivity index (χ1n) is 6.70. The van der Waals surface area contributed by atoms with Gasteiger partial charge in [0, 0.05) is 24.3 Å². The van der Waals surface area contributed by atoms with Crippen molar-refractivity contribution in [1.29, 1.82) is 0 Å². The van der Waals surface area contributed by atoms with Crippen molar-refractivity contribution in [2.45, 2.75) is 52.7 Å². The Morgan fingerprint density at radius 3 is 2.41 bits per heavy atom. The number of nitrogens with one attached hydrogen (secondary N) is 1. The zero-order chi connectivity index (χ0) is 12.4. The number of rotatable bonds is 3. The van der Waals surface area contributed by atoms with Gasteiger partial charge in [-0.25, -0.2) is 0 Å². The second-order valence-electron chi connectivity index (χ2n) is 5.47. The summed E-state index contributed by atoms with van der Waals surface area (Å²) >= 11 is 0. The van der Waals surface area contributed by atoms with Crippen LogP contribution < -0.4 is 10.2 Å². The molecule has 94 valence electrons. The number of nitrogens with zero attached hydrogens (tertiary/aromatic N) is 1. The fourth-order valence-electron chi connectivity index (χ4n) is 2.82. The van der Waals surface area contributed by atoms with Crippen LogP contribution in [0.3, 0.4) is 0 Å². The van der Waals surface area contributed by atoms with Crippen LogP contribution >= 0.6 is 0 Å². The molecular formula is C15H24N2. The maximum atomic E-state index is 3.42. The molecule has 0 spiro atoms. The average Bonchev–Trinajstić information content (AvgIpc) is 2.28. The maximum Gasteiger partial charge on any atom is 0.0373 e. The van der Waals surface area contributed by atoms with E-state index in [4.69, 9.17) is 0 Å². The van der Waals surface area contributed by atoms with Gasteiger partial charge in [0.05, 0.1) is 0 Å². The monoisotopic (exact) mass is 232 g/mol. The molecule has 0 amide bonds. The van der Waals surface area contributed by atoms with E-state index in [1.54, 1.807) is 0 Å². The maximum absolute atomic E-state index is 3.42. The molecule has 0 saturated carbocycles. The van der Waals surface area contributed by atoms with Gasteiger partial charge in [0.15, 0.2) is 0 Å². The minimum Gasteiger partial charge on any atom is -0.367 e. The summed E-state index contributed by atoms with van der Waals surface area (Å²) in [6.45, 7) is 11.2. The highest BCUT2D eigenvalue weighted by Crippen LogP contribution is 2.25. The normalized spacial score (nSPS) is 15.2. The Bertz CT molecular complexity index is 375. The molecular weight excluding hydrogens is 208 g/mol. The Morgan fingerprint density at radius 1 is 1.06 bits per heavy atom. The largest absolute Gasteiger partial charge is 0.367 e. The molecule has 0 fully saturated rings. The van der Waals surface area contributed by atoms with Gasteiger partial charge in [-0.1, -0.05) is 6.07 Å². The van der Waals surface area contributed by atoms with E-state index in [9.17, 15) is 0 Å². The minimum atomic E-state index is 0.551. The molecule has 0 bridgehead atoms. The first kappa shape index (κ1) is 12.4. The molecule has 0 aliphatic carbocycles. The van der Waals surface area contributed by atoms with Crippen molar-refractivity contribution in [3.63, 3.8) is 0 Å². The quantitative estimate of drug-likeness (QED) is 0.862. The molecule has 1 aromatic carbocycles. The van der Waals surface area contributed by atoms with Gasteiger partial charge in [-0.3, -0.25) is 0 Å². The number of hydrogen-bond donors (Lipinski definition) is 1. The third-order valence-electron chi connectivity index (χ3n) is 3.49. The van der Waals surface area contributed by atoms with Gasteiger partial charge in [0.25, 0.3) is 0 Å². The fourth-order valence-corrected chi connectivity index (χ4v) is 2.82. The predicted molar refractivity (Wildman–Crippen MR) is 74.6 cm³/mol. The molecule has 0 unspecified atom stereocenters. The minimum absolute atomic E-state index is 0.551. The SMILES string of the molecule is CC(C)N(c1ccc2c(c1)CCNC2)C(C)C. The number of anilines is 1. The van der Waals surface area contributed by atoms with Gasteiger partial charge in [0.2, 0.25) is 0 Å². The summed E-state index contributed by atoms with van der Waals surface area (Å²) < 4.78 is 0. The summed E-state index contributed by atoms with van der Waals surface area (Å²) in [6.07, 6.45) is 1.16. The molecule has 0 radical (unpaired) electrons. The molecule has 0 aromatic heterocycles. The summed E-state index contributed by atoms with van der Waals surface area (Å²) in [6, 6.07) is 8.04. The highest BCUT2D eigenvalue weighted by atomic mass is 15.2. The standard InChI is InChI=1S/C15H24N2/c1-11(2)17(12(3)4)15-6-5-14-10-16-8-7-13(14)9-15/h5-6,9,11-12,16H,7-8,10H2,1-4H3. The van der Waals surface area contributed by atoms with Crippen molar-refractivity contribution >= 4 is 5.69 Å². The van der Waals surface area contributed by atoms with E-state index in [1.165, 1.54) is 16.8 Å². The highest BCUT2D eigenvalue weighted by molar-refractivity contribution is 5.53. The van der Waals surface area contributed by atoms with Crippen LogP contribution in [0.25, 0.3) is 0 Å². The van der Waals surface area contributed by atoms with Gasteiger partial charge >= 0.3 is 0 Å². The second kappa shape index (κ2) is 5.09.